The fourth-order valence-corrected chi connectivity index (χ4v) is 3.00. The summed E-state index contributed by atoms with van der Waals surface area (Å²) in [6, 6.07) is 8.28. The molecule has 0 bridgehead atoms. The highest BCUT2D eigenvalue weighted by Gasteiger charge is 2.27. The van der Waals surface area contributed by atoms with Crippen LogP contribution in [0.2, 0.25) is 0 Å². The molecule has 0 aliphatic heterocycles. The van der Waals surface area contributed by atoms with Gasteiger partial charge in [-0.15, -0.1) is 11.8 Å². The molecule has 2 nitrogen and oxygen atoms in total. The molecule has 0 atom stereocenters. The van der Waals surface area contributed by atoms with Gasteiger partial charge in [0.15, 0.2) is 0 Å². The summed E-state index contributed by atoms with van der Waals surface area (Å²) in [5.74, 6) is -2.14. The Bertz CT molecular complexity index is 816. The van der Waals surface area contributed by atoms with E-state index in [1.165, 1.54) is 36.1 Å². The van der Waals surface area contributed by atoms with Gasteiger partial charge in [0.05, 0.1) is 11.3 Å². The van der Waals surface area contributed by atoms with Gasteiger partial charge in [-0.3, -0.25) is 0 Å². The second-order valence-corrected chi connectivity index (χ2v) is 6.80. The Balaban J connectivity index is 2.48. The predicted octanol–water partition coefficient (Wildman–Crippen LogP) is 5.57. The zero-order chi connectivity index (χ0) is 19.5. The van der Waals surface area contributed by atoms with Crippen molar-refractivity contribution in [1.82, 2.24) is 4.90 Å². The topological polar surface area (TPSA) is 15.6 Å². The van der Waals surface area contributed by atoms with Crippen LogP contribution in [0, 0.1) is 18.6 Å². The smallest absolute Gasteiger partial charge is 0.362 e. The maximum absolute atomic E-state index is 14.3. The third-order valence-electron chi connectivity index (χ3n) is 3.40. The van der Waals surface area contributed by atoms with Gasteiger partial charge in [0.2, 0.25) is 0 Å². The van der Waals surface area contributed by atoms with E-state index < -0.39 is 23.6 Å². The van der Waals surface area contributed by atoms with Gasteiger partial charge in [-0.25, -0.2) is 13.8 Å². The zero-order valence-corrected chi connectivity index (χ0v) is 15.2. The van der Waals surface area contributed by atoms with Crippen LogP contribution < -0.4 is 0 Å². The van der Waals surface area contributed by atoms with E-state index in [0.717, 1.165) is 6.07 Å². The van der Waals surface area contributed by atoms with Crippen molar-refractivity contribution in [3.63, 3.8) is 0 Å². The number of amidine groups is 1. The summed E-state index contributed by atoms with van der Waals surface area (Å²) in [6.07, 6.45) is -4.34. The fourth-order valence-electron chi connectivity index (χ4n) is 2.20. The number of rotatable bonds is 4. The Morgan fingerprint density at radius 3 is 2.31 bits per heavy atom. The highest BCUT2D eigenvalue weighted by molar-refractivity contribution is 7.99. The Labute approximate surface area is 152 Å². The van der Waals surface area contributed by atoms with Crippen molar-refractivity contribution in [1.29, 1.82) is 0 Å². The van der Waals surface area contributed by atoms with E-state index in [1.807, 2.05) is 0 Å². The average Bonchev–Trinajstić information content (AvgIpc) is 2.53. The van der Waals surface area contributed by atoms with Gasteiger partial charge >= 0.3 is 6.18 Å². The van der Waals surface area contributed by atoms with Gasteiger partial charge in [0.1, 0.15) is 23.2 Å². The molecule has 8 heteroatoms. The molecule has 0 unspecified atom stereocenters. The first kappa shape index (κ1) is 20.2. The zero-order valence-electron chi connectivity index (χ0n) is 14.4. The van der Waals surface area contributed by atoms with Crippen molar-refractivity contribution in [2.45, 2.75) is 18.0 Å². The molecule has 0 heterocycles. The SMILES string of the molecule is Cc1cc(F)c(/N=C(\c2ccccc2F)N(C)C)cc1SCC(F)(F)F. The summed E-state index contributed by atoms with van der Waals surface area (Å²) in [5.41, 5.74) is 0.405. The number of aryl methyl sites for hydroxylation is 1. The second kappa shape index (κ2) is 8.07. The van der Waals surface area contributed by atoms with Crippen molar-refractivity contribution in [3.8, 4) is 0 Å². The van der Waals surface area contributed by atoms with E-state index in [4.69, 9.17) is 0 Å². The maximum Gasteiger partial charge on any atom is 0.398 e. The molecule has 0 amide bonds. The van der Waals surface area contributed by atoms with Gasteiger partial charge in [0, 0.05) is 19.0 Å². The molecular weight excluding hydrogens is 371 g/mol. The molecule has 0 fully saturated rings. The van der Waals surface area contributed by atoms with Crippen molar-refractivity contribution >= 4 is 23.3 Å². The second-order valence-electron chi connectivity index (χ2n) is 5.78. The number of hydrogen-bond acceptors (Lipinski definition) is 2. The van der Waals surface area contributed by atoms with Gasteiger partial charge in [-0.2, -0.15) is 13.2 Å². The lowest BCUT2D eigenvalue weighted by Crippen LogP contribution is -2.24. The first-order chi connectivity index (χ1) is 12.1. The lowest BCUT2D eigenvalue weighted by atomic mass is 10.1. The van der Waals surface area contributed by atoms with Crippen LogP contribution in [0.3, 0.4) is 0 Å². The number of thioether (sulfide) groups is 1. The summed E-state index contributed by atoms with van der Waals surface area (Å²) in [5, 5.41) is 0. The van der Waals surface area contributed by atoms with E-state index in [0.29, 0.717) is 17.3 Å². The minimum atomic E-state index is -4.34. The van der Waals surface area contributed by atoms with Crippen LogP contribution in [-0.4, -0.2) is 36.8 Å². The molecule has 0 aliphatic rings. The minimum absolute atomic E-state index is 0.146. The maximum atomic E-state index is 14.3. The molecule has 2 aromatic rings. The Morgan fingerprint density at radius 1 is 1.08 bits per heavy atom. The lowest BCUT2D eigenvalue weighted by molar-refractivity contribution is -0.105. The van der Waals surface area contributed by atoms with Crippen LogP contribution in [0.5, 0.6) is 0 Å². The summed E-state index contributed by atoms with van der Waals surface area (Å²) < 4.78 is 65.8. The van der Waals surface area contributed by atoms with Crippen molar-refractivity contribution in [2.24, 2.45) is 4.99 Å². The van der Waals surface area contributed by atoms with Crippen LogP contribution >= 0.6 is 11.8 Å². The Hall–Kier alpha value is -2.09. The normalized spacial score (nSPS) is 12.4. The number of hydrogen-bond donors (Lipinski definition) is 0. The highest BCUT2D eigenvalue weighted by Crippen LogP contribution is 2.33. The largest absolute Gasteiger partial charge is 0.398 e. The van der Waals surface area contributed by atoms with Crippen molar-refractivity contribution in [3.05, 3.63) is 59.2 Å². The van der Waals surface area contributed by atoms with E-state index >= 15 is 0 Å². The quantitative estimate of drug-likeness (QED) is 0.295. The number of nitrogens with zero attached hydrogens (tertiary/aromatic N) is 2. The van der Waals surface area contributed by atoms with Crippen molar-refractivity contribution < 1.29 is 22.0 Å². The summed E-state index contributed by atoms with van der Waals surface area (Å²) in [6.45, 7) is 1.53. The molecule has 140 valence electrons. The van der Waals surface area contributed by atoms with E-state index in [9.17, 15) is 22.0 Å². The number of benzene rings is 2. The van der Waals surface area contributed by atoms with E-state index in [-0.39, 0.29) is 22.0 Å². The molecule has 0 N–H and O–H groups in total. The average molecular weight is 388 g/mol. The molecular formula is C18H17F5N2S. The number of aliphatic imine (C=N–C) groups is 1. The Kier molecular flexibility index (Phi) is 6.28. The van der Waals surface area contributed by atoms with Gasteiger partial charge < -0.3 is 4.90 Å². The van der Waals surface area contributed by atoms with Gasteiger partial charge in [0.25, 0.3) is 0 Å². The number of alkyl halides is 3. The molecule has 0 saturated heterocycles. The fraction of sp³-hybridized carbons (Fsp3) is 0.278. The monoisotopic (exact) mass is 388 g/mol. The summed E-state index contributed by atoms with van der Waals surface area (Å²) in [7, 11) is 3.24. The molecule has 26 heavy (non-hydrogen) atoms. The predicted molar refractivity (Wildman–Crippen MR) is 94.2 cm³/mol. The minimum Gasteiger partial charge on any atom is -0.362 e. The lowest BCUT2D eigenvalue weighted by Gasteiger charge is -2.17. The summed E-state index contributed by atoms with van der Waals surface area (Å²) in [4.78, 5) is 5.95. The molecule has 0 aliphatic carbocycles. The molecule has 2 rings (SSSR count). The first-order valence-electron chi connectivity index (χ1n) is 7.59. The van der Waals surface area contributed by atoms with Gasteiger partial charge in [-0.05, 0) is 36.8 Å². The summed E-state index contributed by atoms with van der Waals surface area (Å²) >= 11 is 0.563. The van der Waals surface area contributed by atoms with Crippen LogP contribution in [0.1, 0.15) is 11.1 Å². The molecule has 0 spiro atoms. The first-order valence-corrected chi connectivity index (χ1v) is 8.57. The van der Waals surface area contributed by atoms with Crippen molar-refractivity contribution in [2.75, 3.05) is 19.8 Å². The molecule has 0 aromatic heterocycles. The van der Waals surface area contributed by atoms with Gasteiger partial charge in [-0.1, -0.05) is 12.1 Å². The third-order valence-corrected chi connectivity index (χ3v) is 4.62. The van der Waals surface area contributed by atoms with E-state index in [2.05, 4.69) is 4.99 Å². The highest BCUT2D eigenvalue weighted by atomic mass is 32.2. The van der Waals surface area contributed by atoms with E-state index in [1.54, 1.807) is 20.2 Å². The van der Waals surface area contributed by atoms with Crippen LogP contribution in [0.4, 0.5) is 27.6 Å². The molecule has 2 aromatic carbocycles. The number of halogens is 5. The van der Waals surface area contributed by atoms with Crippen LogP contribution in [0.15, 0.2) is 46.3 Å². The van der Waals surface area contributed by atoms with Crippen LogP contribution in [-0.2, 0) is 0 Å². The third kappa shape index (κ3) is 5.20. The standard InChI is InChI=1S/C18H17F5N2S/c1-11-8-14(20)15(9-16(11)26-10-18(21,22)23)24-17(25(2)3)12-6-4-5-7-13(12)19/h4-9H,10H2,1-3H3/b24-17+. The molecule has 0 radical (unpaired) electrons. The molecule has 0 saturated carbocycles. The van der Waals surface area contributed by atoms with Crippen LogP contribution in [0.25, 0.3) is 0 Å². The Morgan fingerprint density at radius 2 is 1.73 bits per heavy atom.